The molecule has 0 unspecified atom stereocenters. The lowest BCUT2D eigenvalue weighted by molar-refractivity contribution is -0.137. The first-order valence-electron chi connectivity index (χ1n) is 11.9. The molecular weight excluding hydrogens is 571 g/mol. The molecule has 0 bridgehead atoms. The fourth-order valence-electron chi connectivity index (χ4n) is 4.39. The molecular formula is C27H21ClF3N3O5S. The number of aromatic hydroxyl groups is 1. The van der Waals surface area contributed by atoms with Crippen LogP contribution in [0.3, 0.4) is 0 Å². The quantitative estimate of drug-likeness (QED) is 0.324. The Hall–Kier alpha value is -3.71. The highest BCUT2D eigenvalue weighted by atomic mass is 35.5. The smallest absolute Gasteiger partial charge is 0.416 e. The Balaban J connectivity index is 1.63. The van der Waals surface area contributed by atoms with Crippen molar-refractivity contribution in [2.75, 3.05) is 26.3 Å². The van der Waals surface area contributed by atoms with Gasteiger partial charge in [0, 0.05) is 30.1 Å². The van der Waals surface area contributed by atoms with Crippen LogP contribution in [0.25, 0.3) is 16.5 Å². The van der Waals surface area contributed by atoms with Crippen LogP contribution >= 0.6 is 11.6 Å². The Kier molecular flexibility index (Phi) is 7.44. The van der Waals surface area contributed by atoms with Gasteiger partial charge < -0.3 is 9.84 Å². The van der Waals surface area contributed by atoms with Crippen LogP contribution in [0.15, 0.2) is 81.4 Å². The highest BCUT2D eigenvalue weighted by Gasteiger charge is 2.31. The van der Waals surface area contributed by atoms with Crippen LogP contribution in [0.5, 0.6) is 5.88 Å². The SMILES string of the molecule is O=c1c2ccccc2c(C=Nc2ccc(Cl)c(S(=O)(=O)N3CCOCC3)c2)c(O)n1-c1cccc(C(F)(F)F)c1. The third-order valence-corrected chi connectivity index (χ3v) is 8.76. The second kappa shape index (κ2) is 10.7. The number of sulfonamides is 1. The van der Waals surface area contributed by atoms with E-state index in [4.69, 9.17) is 16.3 Å². The van der Waals surface area contributed by atoms with Gasteiger partial charge in [0.2, 0.25) is 15.9 Å². The molecule has 0 aliphatic carbocycles. The van der Waals surface area contributed by atoms with Crippen LogP contribution in [0, 0.1) is 0 Å². The van der Waals surface area contributed by atoms with Gasteiger partial charge >= 0.3 is 6.18 Å². The summed E-state index contributed by atoms with van der Waals surface area (Å²) < 4.78 is 73.7. The summed E-state index contributed by atoms with van der Waals surface area (Å²) in [5.74, 6) is -0.637. The molecule has 40 heavy (non-hydrogen) atoms. The fraction of sp³-hybridized carbons (Fsp3) is 0.185. The topological polar surface area (TPSA) is 101 Å². The molecule has 1 fully saturated rings. The summed E-state index contributed by atoms with van der Waals surface area (Å²) in [5.41, 5.74) is -1.69. The Bertz CT molecular complexity index is 1800. The van der Waals surface area contributed by atoms with Gasteiger partial charge in [0.1, 0.15) is 4.90 Å². The molecule has 0 saturated carbocycles. The molecule has 3 aromatic carbocycles. The lowest BCUT2D eigenvalue weighted by Crippen LogP contribution is -2.40. The Labute approximate surface area is 231 Å². The zero-order chi connectivity index (χ0) is 28.7. The number of rotatable bonds is 5. The van der Waals surface area contributed by atoms with Gasteiger partial charge in [-0.25, -0.2) is 13.0 Å². The van der Waals surface area contributed by atoms with Crippen molar-refractivity contribution in [2.45, 2.75) is 11.1 Å². The molecule has 13 heteroatoms. The number of benzene rings is 3. The first kappa shape index (κ1) is 27.8. The van der Waals surface area contributed by atoms with Gasteiger partial charge in [-0.05, 0) is 42.5 Å². The first-order chi connectivity index (χ1) is 19.0. The number of fused-ring (bicyclic) bond motifs is 1. The van der Waals surface area contributed by atoms with Crippen LogP contribution in [-0.4, -0.2) is 54.9 Å². The molecule has 8 nitrogen and oxygen atoms in total. The summed E-state index contributed by atoms with van der Waals surface area (Å²) in [7, 11) is -3.94. The Morgan fingerprint density at radius 1 is 0.975 bits per heavy atom. The molecule has 208 valence electrons. The number of hydrogen-bond acceptors (Lipinski definition) is 6. The zero-order valence-electron chi connectivity index (χ0n) is 20.6. The average molecular weight is 592 g/mol. The van der Waals surface area contributed by atoms with Crippen molar-refractivity contribution in [2.24, 2.45) is 4.99 Å². The molecule has 5 rings (SSSR count). The number of aromatic nitrogens is 1. The molecule has 1 aliphatic rings. The summed E-state index contributed by atoms with van der Waals surface area (Å²) in [6.07, 6.45) is -3.44. The molecule has 1 aromatic heterocycles. The van der Waals surface area contributed by atoms with E-state index < -0.39 is 33.2 Å². The Morgan fingerprint density at radius 2 is 1.68 bits per heavy atom. The van der Waals surface area contributed by atoms with E-state index in [1.165, 1.54) is 40.9 Å². The van der Waals surface area contributed by atoms with E-state index >= 15 is 0 Å². The van der Waals surface area contributed by atoms with Gasteiger partial charge in [-0.3, -0.25) is 9.79 Å². The number of alkyl halides is 3. The number of aliphatic imine (C=N–C) groups is 1. The molecule has 1 saturated heterocycles. The summed E-state index contributed by atoms with van der Waals surface area (Å²) in [6.45, 7) is 0.845. The molecule has 1 aliphatic heterocycles. The summed E-state index contributed by atoms with van der Waals surface area (Å²) in [5, 5.41) is 11.6. The van der Waals surface area contributed by atoms with Crippen molar-refractivity contribution in [3.8, 4) is 11.6 Å². The largest absolute Gasteiger partial charge is 0.494 e. The molecule has 2 heterocycles. The number of morpholine rings is 1. The second-order valence-corrected chi connectivity index (χ2v) is 11.2. The molecule has 0 spiro atoms. The van der Waals surface area contributed by atoms with E-state index in [2.05, 4.69) is 4.99 Å². The maximum absolute atomic E-state index is 13.4. The van der Waals surface area contributed by atoms with Crippen molar-refractivity contribution < 1.29 is 31.4 Å². The van der Waals surface area contributed by atoms with Gasteiger partial charge in [-0.15, -0.1) is 0 Å². The normalized spacial score (nSPS) is 15.2. The number of hydrogen-bond donors (Lipinski definition) is 1. The van der Waals surface area contributed by atoms with Gasteiger partial charge in [-0.1, -0.05) is 35.9 Å². The van der Waals surface area contributed by atoms with Crippen molar-refractivity contribution in [3.63, 3.8) is 0 Å². The monoisotopic (exact) mass is 591 g/mol. The number of ether oxygens (including phenoxy) is 1. The third kappa shape index (κ3) is 5.22. The minimum Gasteiger partial charge on any atom is -0.494 e. The fourth-order valence-corrected chi connectivity index (χ4v) is 6.29. The maximum Gasteiger partial charge on any atom is 0.416 e. The van der Waals surface area contributed by atoms with Gasteiger partial charge in [0.05, 0.1) is 40.7 Å². The van der Waals surface area contributed by atoms with E-state index in [1.54, 1.807) is 18.2 Å². The predicted molar refractivity (Wildman–Crippen MR) is 144 cm³/mol. The summed E-state index contributed by atoms with van der Waals surface area (Å²) in [6, 6.07) is 14.4. The minimum absolute atomic E-state index is 0.00293. The Morgan fingerprint density at radius 3 is 2.38 bits per heavy atom. The van der Waals surface area contributed by atoms with Gasteiger partial charge in [0.25, 0.3) is 5.56 Å². The first-order valence-corrected chi connectivity index (χ1v) is 13.8. The van der Waals surface area contributed by atoms with E-state index in [0.717, 1.165) is 22.8 Å². The zero-order valence-corrected chi connectivity index (χ0v) is 22.2. The van der Waals surface area contributed by atoms with Crippen molar-refractivity contribution in [1.82, 2.24) is 8.87 Å². The lowest BCUT2D eigenvalue weighted by atomic mass is 10.1. The van der Waals surface area contributed by atoms with Crippen LogP contribution in [0.2, 0.25) is 5.02 Å². The molecule has 1 N–H and O–H groups in total. The highest BCUT2D eigenvalue weighted by molar-refractivity contribution is 7.89. The lowest BCUT2D eigenvalue weighted by Gasteiger charge is -2.26. The van der Waals surface area contributed by atoms with Crippen LogP contribution in [0.4, 0.5) is 18.9 Å². The van der Waals surface area contributed by atoms with E-state index in [0.29, 0.717) is 5.39 Å². The van der Waals surface area contributed by atoms with Gasteiger partial charge in [0.15, 0.2) is 0 Å². The summed E-state index contributed by atoms with van der Waals surface area (Å²) in [4.78, 5) is 17.4. The standard InChI is InChI=1S/C27H21ClF3N3O5S/c28-23-9-8-18(15-24(23)40(37,38)33-10-12-39-13-11-33)32-16-22-20-6-1-2-7-21(20)25(35)34(26(22)36)19-5-3-4-17(14-19)27(29,30)31/h1-9,14-16,36H,10-13H2. The number of halogens is 4. The number of nitrogens with zero attached hydrogens (tertiary/aromatic N) is 3. The van der Waals surface area contributed by atoms with E-state index in [-0.39, 0.29) is 58.5 Å². The van der Waals surface area contributed by atoms with Crippen LogP contribution in [-0.2, 0) is 20.9 Å². The summed E-state index contributed by atoms with van der Waals surface area (Å²) >= 11 is 6.22. The highest BCUT2D eigenvalue weighted by Crippen LogP contribution is 2.33. The average Bonchev–Trinajstić information content (AvgIpc) is 2.94. The molecule has 0 radical (unpaired) electrons. The third-order valence-electron chi connectivity index (χ3n) is 6.38. The number of pyridine rings is 1. The van der Waals surface area contributed by atoms with Gasteiger partial charge in [-0.2, -0.15) is 17.5 Å². The molecule has 4 aromatic rings. The predicted octanol–water partition coefficient (Wildman–Crippen LogP) is 5.14. The van der Waals surface area contributed by atoms with Crippen molar-refractivity contribution in [3.05, 3.63) is 93.2 Å². The van der Waals surface area contributed by atoms with Crippen molar-refractivity contribution >= 4 is 44.3 Å². The van der Waals surface area contributed by atoms with Crippen molar-refractivity contribution in [1.29, 1.82) is 0 Å². The molecule has 0 atom stereocenters. The second-order valence-electron chi connectivity index (χ2n) is 8.86. The van der Waals surface area contributed by atoms with E-state index in [9.17, 15) is 31.5 Å². The maximum atomic E-state index is 13.4. The van der Waals surface area contributed by atoms with Crippen LogP contribution in [0.1, 0.15) is 11.1 Å². The van der Waals surface area contributed by atoms with E-state index in [1.807, 2.05) is 0 Å². The molecule has 0 amide bonds. The minimum atomic E-state index is -4.66. The van der Waals surface area contributed by atoms with Crippen LogP contribution < -0.4 is 5.56 Å².